The van der Waals surface area contributed by atoms with E-state index in [1.165, 1.54) is 18.2 Å². The molecule has 2 unspecified atom stereocenters. The van der Waals surface area contributed by atoms with Crippen molar-refractivity contribution in [2.24, 2.45) is 0 Å². The molecule has 1 aliphatic heterocycles. The highest BCUT2D eigenvalue weighted by Crippen LogP contribution is 2.30. The van der Waals surface area contributed by atoms with E-state index in [0.29, 0.717) is 11.8 Å². The van der Waals surface area contributed by atoms with Gasteiger partial charge in [-0.1, -0.05) is 25.6 Å². The zero-order valence-corrected chi connectivity index (χ0v) is 20.2. The standard InChI is InChI=1S/C23H35N5O2S/c1-6-17-10-8-9-15-27(17)21(29)16-31-23-25-24-22(20(7-2)26(3)4)28(23)18-11-13-19(30-5)14-12-18/h11-14,17,20H,6-10,15-16H2,1-5H3. The number of nitrogens with zero attached hydrogens (tertiary/aromatic N) is 5. The molecule has 0 aliphatic carbocycles. The molecule has 31 heavy (non-hydrogen) atoms. The van der Waals surface area contributed by atoms with Crippen molar-refractivity contribution in [1.82, 2.24) is 24.6 Å². The van der Waals surface area contributed by atoms with Gasteiger partial charge in [0.1, 0.15) is 5.75 Å². The molecule has 0 saturated carbocycles. The highest BCUT2D eigenvalue weighted by atomic mass is 32.2. The van der Waals surface area contributed by atoms with Gasteiger partial charge in [0.25, 0.3) is 0 Å². The molecule has 1 amide bonds. The van der Waals surface area contributed by atoms with E-state index in [1.54, 1.807) is 7.11 Å². The van der Waals surface area contributed by atoms with Crippen molar-refractivity contribution >= 4 is 17.7 Å². The fraction of sp³-hybridized carbons (Fsp3) is 0.609. The first-order valence-corrected chi connectivity index (χ1v) is 12.2. The number of aromatic nitrogens is 3. The van der Waals surface area contributed by atoms with E-state index >= 15 is 0 Å². The number of carbonyl (C=O) groups excluding carboxylic acids is 1. The molecule has 2 heterocycles. The van der Waals surface area contributed by atoms with Crippen LogP contribution in [0.5, 0.6) is 5.75 Å². The molecule has 3 rings (SSSR count). The van der Waals surface area contributed by atoms with Gasteiger partial charge in [0, 0.05) is 18.3 Å². The number of hydrogen-bond acceptors (Lipinski definition) is 6. The highest BCUT2D eigenvalue weighted by Gasteiger charge is 2.27. The molecule has 170 valence electrons. The van der Waals surface area contributed by atoms with Gasteiger partial charge in [-0.05, 0) is 70.5 Å². The van der Waals surface area contributed by atoms with Crippen molar-refractivity contribution in [3.8, 4) is 11.4 Å². The predicted molar refractivity (Wildman–Crippen MR) is 125 cm³/mol. The molecule has 0 radical (unpaired) electrons. The number of piperidine rings is 1. The van der Waals surface area contributed by atoms with E-state index in [9.17, 15) is 4.79 Å². The maximum Gasteiger partial charge on any atom is 0.233 e. The Morgan fingerprint density at radius 3 is 2.58 bits per heavy atom. The van der Waals surface area contributed by atoms with Crippen LogP contribution in [0.15, 0.2) is 29.4 Å². The lowest BCUT2D eigenvalue weighted by molar-refractivity contribution is -0.132. The summed E-state index contributed by atoms with van der Waals surface area (Å²) in [5.41, 5.74) is 0.973. The molecule has 2 aromatic rings. The zero-order chi connectivity index (χ0) is 22.4. The maximum absolute atomic E-state index is 13.0. The third kappa shape index (κ3) is 5.41. The topological polar surface area (TPSA) is 63.5 Å². The van der Waals surface area contributed by atoms with Crippen molar-refractivity contribution in [2.75, 3.05) is 33.5 Å². The minimum Gasteiger partial charge on any atom is -0.497 e. The van der Waals surface area contributed by atoms with E-state index < -0.39 is 0 Å². The van der Waals surface area contributed by atoms with Gasteiger partial charge in [-0.2, -0.15) is 0 Å². The Morgan fingerprint density at radius 2 is 1.97 bits per heavy atom. The van der Waals surface area contributed by atoms with Gasteiger partial charge < -0.3 is 9.64 Å². The van der Waals surface area contributed by atoms with Crippen LogP contribution in [0.1, 0.15) is 57.8 Å². The summed E-state index contributed by atoms with van der Waals surface area (Å²) < 4.78 is 7.40. The van der Waals surface area contributed by atoms with Crippen molar-refractivity contribution < 1.29 is 9.53 Å². The highest BCUT2D eigenvalue weighted by molar-refractivity contribution is 7.99. The lowest BCUT2D eigenvalue weighted by atomic mass is 10.0. The van der Waals surface area contributed by atoms with E-state index in [4.69, 9.17) is 4.74 Å². The van der Waals surface area contributed by atoms with Crippen LogP contribution in [0.4, 0.5) is 0 Å². The van der Waals surface area contributed by atoms with Gasteiger partial charge in [0.2, 0.25) is 5.91 Å². The zero-order valence-electron chi connectivity index (χ0n) is 19.4. The predicted octanol–water partition coefficient (Wildman–Crippen LogP) is 4.17. The Balaban J connectivity index is 1.87. The Morgan fingerprint density at radius 1 is 1.23 bits per heavy atom. The van der Waals surface area contributed by atoms with Crippen LogP contribution < -0.4 is 4.74 Å². The van der Waals surface area contributed by atoms with Gasteiger partial charge in [-0.15, -0.1) is 10.2 Å². The van der Waals surface area contributed by atoms with Crippen molar-refractivity contribution in [2.45, 2.75) is 63.2 Å². The van der Waals surface area contributed by atoms with Crippen molar-refractivity contribution in [3.63, 3.8) is 0 Å². The summed E-state index contributed by atoms with van der Waals surface area (Å²) in [6.07, 6.45) is 5.36. The smallest absolute Gasteiger partial charge is 0.233 e. The van der Waals surface area contributed by atoms with Gasteiger partial charge in [0.15, 0.2) is 11.0 Å². The van der Waals surface area contributed by atoms with Crippen molar-refractivity contribution in [3.05, 3.63) is 30.1 Å². The number of rotatable bonds is 9. The molecule has 7 nitrogen and oxygen atoms in total. The first-order chi connectivity index (χ1) is 15.0. The van der Waals surface area contributed by atoms with Crippen LogP contribution in [-0.4, -0.2) is 70.0 Å². The molecule has 1 aromatic carbocycles. The molecule has 1 aliphatic rings. The number of carbonyl (C=O) groups is 1. The number of ether oxygens (including phenoxy) is 1. The summed E-state index contributed by atoms with van der Waals surface area (Å²) in [6, 6.07) is 8.40. The third-order valence-corrected chi connectivity index (χ3v) is 6.95. The Bertz CT molecular complexity index is 852. The average Bonchev–Trinajstić information content (AvgIpc) is 3.21. The lowest BCUT2D eigenvalue weighted by Crippen LogP contribution is -2.44. The Hall–Kier alpha value is -2.06. The van der Waals surface area contributed by atoms with Crippen LogP contribution in [-0.2, 0) is 4.79 Å². The molecular weight excluding hydrogens is 410 g/mol. The Labute approximate surface area is 190 Å². The van der Waals surface area contributed by atoms with Crippen LogP contribution in [0.3, 0.4) is 0 Å². The summed E-state index contributed by atoms with van der Waals surface area (Å²) in [6.45, 7) is 5.18. The summed E-state index contributed by atoms with van der Waals surface area (Å²) >= 11 is 1.47. The fourth-order valence-electron chi connectivity index (χ4n) is 4.31. The number of benzene rings is 1. The molecule has 1 aromatic heterocycles. The molecule has 0 N–H and O–H groups in total. The second kappa shape index (κ2) is 11.0. The first kappa shape index (κ1) is 23.6. The molecule has 1 fully saturated rings. The molecular formula is C23H35N5O2S. The monoisotopic (exact) mass is 445 g/mol. The van der Waals surface area contributed by atoms with E-state index in [1.807, 2.05) is 24.3 Å². The van der Waals surface area contributed by atoms with Crippen LogP contribution in [0.25, 0.3) is 5.69 Å². The number of thioether (sulfide) groups is 1. The summed E-state index contributed by atoms with van der Waals surface area (Å²) in [5, 5.41) is 9.78. The number of hydrogen-bond donors (Lipinski definition) is 0. The largest absolute Gasteiger partial charge is 0.497 e. The van der Waals surface area contributed by atoms with Crippen molar-refractivity contribution in [1.29, 1.82) is 0 Å². The van der Waals surface area contributed by atoms with E-state index in [2.05, 4.69) is 52.5 Å². The molecule has 1 saturated heterocycles. The number of likely N-dealkylation sites (tertiary alicyclic amines) is 1. The van der Waals surface area contributed by atoms with Gasteiger partial charge in [0.05, 0.1) is 18.9 Å². The van der Waals surface area contributed by atoms with Crippen LogP contribution in [0, 0.1) is 0 Å². The summed E-state index contributed by atoms with van der Waals surface area (Å²) in [5.74, 6) is 2.26. The lowest BCUT2D eigenvalue weighted by Gasteiger charge is -2.35. The Kier molecular flexibility index (Phi) is 8.37. The van der Waals surface area contributed by atoms with E-state index in [-0.39, 0.29) is 11.9 Å². The number of amides is 1. The minimum absolute atomic E-state index is 0.131. The molecule has 2 atom stereocenters. The SMILES string of the molecule is CCC(c1nnc(SCC(=O)N2CCCCC2CC)n1-c1ccc(OC)cc1)N(C)C. The minimum atomic E-state index is 0.131. The van der Waals surface area contributed by atoms with Crippen LogP contribution >= 0.6 is 11.8 Å². The maximum atomic E-state index is 13.0. The quantitative estimate of drug-likeness (QED) is 0.540. The second-order valence-corrected chi connectivity index (χ2v) is 9.14. The third-order valence-electron chi connectivity index (χ3n) is 6.04. The number of methoxy groups -OCH3 is 1. The molecule has 0 spiro atoms. The molecule has 8 heteroatoms. The second-order valence-electron chi connectivity index (χ2n) is 8.20. The summed E-state index contributed by atoms with van der Waals surface area (Å²) in [7, 11) is 5.77. The van der Waals surface area contributed by atoms with E-state index in [0.717, 1.165) is 54.6 Å². The van der Waals surface area contributed by atoms with Crippen LogP contribution in [0.2, 0.25) is 0 Å². The van der Waals surface area contributed by atoms with Gasteiger partial charge in [-0.25, -0.2) is 0 Å². The summed E-state index contributed by atoms with van der Waals surface area (Å²) in [4.78, 5) is 17.2. The van der Waals surface area contributed by atoms with Gasteiger partial charge >= 0.3 is 0 Å². The fourth-order valence-corrected chi connectivity index (χ4v) is 5.15. The first-order valence-electron chi connectivity index (χ1n) is 11.2. The average molecular weight is 446 g/mol. The molecule has 0 bridgehead atoms. The normalized spacial score (nSPS) is 17.7. The van der Waals surface area contributed by atoms with Gasteiger partial charge in [-0.3, -0.25) is 14.3 Å².